The van der Waals surface area contributed by atoms with Gasteiger partial charge in [0.05, 0.1) is 28.7 Å². The molecule has 43 heavy (non-hydrogen) atoms. The Kier molecular flexibility index (Phi) is 5.15. The number of fused-ring (bicyclic) bond motifs is 10. The van der Waals surface area contributed by atoms with Crippen molar-refractivity contribution in [2.45, 2.75) is 5.41 Å². The van der Waals surface area contributed by atoms with Gasteiger partial charge >= 0.3 is 0 Å². The van der Waals surface area contributed by atoms with Crippen LogP contribution in [0.3, 0.4) is 0 Å². The Morgan fingerprint density at radius 3 is 1.40 bits per heavy atom. The number of hydrogen-bond donors (Lipinski definition) is 0. The molecule has 0 bridgehead atoms. The van der Waals surface area contributed by atoms with E-state index < -0.39 is 0 Å². The van der Waals surface area contributed by atoms with Crippen LogP contribution in [0.4, 0.5) is 0 Å². The van der Waals surface area contributed by atoms with Crippen LogP contribution >= 0.6 is 0 Å². The predicted octanol–water partition coefficient (Wildman–Crippen LogP) is 9.82. The third kappa shape index (κ3) is 3.35. The first kappa shape index (κ1) is 24.0. The van der Waals surface area contributed by atoms with Crippen molar-refractivity contribution in [2.75, 3.05) is 0 Å². The van der Waals surface area contributed by atoms with Crippen LogP contribution in [-0.2, 0) is 5.41 Å². The molecular formula is C41H26N2. The van der Waals surface area contributed by atoms with Crippen LogP contribution in [0.15, 0.2) is 158 Å². The summed E-state index contributed by atoms with van der Waals surface area (Å²) in [5, 5.41) is 0. The maximum Gasteiger partial charge on any atom is 0.0972 e. The smallest absolute Gasteiger partial charge is 0.0972 e. The van der Waals surface area contributed by atoms with Crippen molar-refractivity contribution in [1.29, 1.82) is 0 Å². The number of aromatic nitrogens is 2. The Labute approximate surface area is 251 Å². The number of benzene rings is 6. The summed E-state index contributed by atoms with van der Waals surface area (Å²) in [5.74, 6) is 0. The molecule has 2 aliphatic rings. The topological polar surface area (TPSA) is 25.8 Å². The molecule has 0 atom stereocenters. The highest BCUT2D eigenvalue weighted by Crippen LogP contribution is 2.62. The molecule has 2 aliphatic carbocycles. The van der Waals surface area contributed by atoms with Gasteiger partial charge in [-0.05, 0) is 50.6 Å². The fourth-order valence-corrected chi connectivity index (χ4v) is 7.39. The van der Waals surface area contributed by atoms with Crippen molar-refractivity contribution in [1.82, 2.24) is 9.97 Å². The fraction of sp³-hybridized carbons (Fsp3) is 0.0244. The molecule has 0 amide bonds. The maximum atomic E-state index is 5.31. The highest BCUT2D eigenvalue weighted by atomic mass is 14.8. The third-order valence-corrected chi connectivity index (χ3v) is 9.16. The van der Waals surface area contributed by atoms with Gasteiger partial charge < -0.3 is 0 Å². The van der Waals surface area contributed by atoms with Crippen molar-refractivity contribution < 1.29 is 0 Å². The van der Waals surface area contributed by atoms with E-state index in [-0.39, 0.29) is 5.41 Å². The van der Waals surface area contributed by atoms with E-state index in [0.717, 1.165) is 33.8 Å². The minimum absolute atomic E-state index is 0.380. The van der Waals surface area contributed by atoms with Gasteiger partial charge in [-0.25, -0.2) is 4.98 Å². The van der Waals surface area contributed by atoms with Crippen LogP contribution in [0.25, 0.3) is 56.0 Å². The van der Waals surface area contributed by atoms with Crippen molar-refractivity contribution in [3.05, 3.63) is 180 Å². The molecule has 2 nitrogen and oxygen atoms in total. The summed E-state index contributed by atoms with van der Waals surface area (Å²) in [5.41, 5.74) is 16.0. The van der Waals surface area contributed by atoms with Crippen LogP contribution in [0.2, 0.25) is 0 Å². The summed E-state index contributed by atoms with van der Waals surface area (Å²) < 4.78 is 0. The molecule has 0 fully saturated rings. The molecule has 7 aromatic rings. The van der Waals surface area contributed by atoms with Crippen LogP contribution < -0.4 is 0 Å². The summed E-state index contributed by atoms with van der Waals surface area (Å²) >= 11 is 0. The number of rotatable bonds is 3. The second-order valence-corrected chi connectivity index (χ2v) is 11.3. The lowest BCUT2D eigenvalue weighted by atomic mass is 9.70. The fourth-order valence-electron chi connectivity index (χ4n) is 7.39. The molecule has 0 saturated carbocycles. The second-order valence-electron chi connectivity index (χ2n) is 11.3. The summed E-state index contributed by atoms with van der Waals surface area (Å²) in [7, 11) is 0. The van der Waals surface area contributed by atoms with Gasteiger partial charge in [-0.2, -0.15) is 0 Å². The first-order valence-corrected chi connectivity index (χ1v) is 14.8. The zero-order chi connectivity index (χ0) is 28.4. The average Bonchev–Trinajstić information content (AvgIpc) is 3.56. The van der Waals surface area contributed by atoms with E-state index >= 15 is 0 Å². The lowest BCUT2D eigenvalue weighted by Gasteiger charge is -2.30. The standard InChI is InChI=1S/C41H26N2/c1-3-13-27(14-4-1)39-40(28-15-5-2-6-16-28)43-38(26-42-39)29-23-24-33-32-19-9-12-22-36(32)41(37(33)25-29)34-20-10-7-17-30(34)31-18-8-11-21-35(31)41/h1-26H. The average molecular weight is 547 g/mol. The molecular weight excluding hydrogens is 520 g/mol. The molecule has 9 rings (SSSR count). The predicted molar refractivity (Wildman–Crippen MR) is 175 cm³/mol. The van der Waals surface area contributed by atoms with Crippen LogP contribution in [-0.4, -0.2) is 9.97 Å². The molecule has 2 heteroatoms. The zero-order valence-electron chi connectivity index (χ0n) is 23.4. The number of nitrogens with zero attached hydrogens (tertiary/aromatic N) is 2. The first-order valence-electron chi connectivity index (χ1n) is 14.8. The molecule has 0 aliphatic heterocycles. The van der Waals surface area contributed by atoms with Crippen LogP contribution in [0, 0.1) is 0 Å². The van der Waals surface area contributed by atoms with E-state index in [1.807, 2.05) is 18.3 Å². The van der Waals surface area contributed by atoms with Gasteiger partial charge in [-0.3, -0.25) is 4.98 Å². The minimum atomic E-state index is -0.380. The van der Waals surface area contributed by atoms with E-state index in [1.165, 1.54) is 44.5 Å². The van der Waals surface area contributed by atoms with Gasteiger partial charge in [0.2, 0.25) is 0 Å². The Hall–Kier alpha value is -5.60. The normalized spacial score (nSPS) is 13.3. The SMILES string of the molecule is c1ccc(-c2ncc(-c3ccc4c(c3)C3(c5ccccc5-c5ccccc53)c3ccccc3-4)nc2-c2ccccc2)cc1. The van der Waals surface area contributed by atoms with E-state index in [1.54, 1.807) is 0 Å². The Balaban J connectivity index is 1.30. The molecule has 1 spiro atoms. The summed E-state index contributed by atoms with van der Waals surface area (Å²) in [4.78, 5) is 10.3. The molecule has 0 radical (unpaired) electrons. The van der Waals surface area contributed by atoms with Gasteiger partial charge in [-0.1, -0.05) is 146 Å². The van der Waals surface area contributed by atoms with Crippen LogP contribution in [0.5, 0.6) is 0 Å². The van der Waals surface area contributed by atoms with E-state index in [9.17, 15) is 0 Å². The monoisotopic (exact) mass is 546 g/mol. The van der Waals surface area contributed by atoms with Crippen molar-refractivity contribution >= 4 is 0 Å². The highest BCUT2D eigenvalue weighted by molar-refractivity contribution is 5.95. The van der Waals surface area contributed by atoms with Gasteiger partial charge in [0.25, 0.3) is 0 Å². The van der Waals surface area contributed by atoms with E-state index in [4.69, 9.17) is 9.97 Å². The summed E-state index contributed by atoms with van der Waals surface area (Å²) in [6, 6.07) is 54.3. The lowest BCUT2D eigenvalue weighted by molar-refractivity contribution is 0.794. The Morgan fingerprint density at radius 1 is 0.372 bits per heavy atom. The lowest BCUT2D eigenvalue weighted by Crippen LogP contribution is -2.25. The van der Waals surface area contributed by atoms with Crippen molar-refractivity contribution in [3.8, 4) is 56.0 Å². The first-order chi connectivity index (χ1) is 21.3. The zero-order valence-corrected chi connectivity index (χ0v) is 23.4. The van der Waals surface area contributed by atoms with Crippen molar-refractivity contribution in [2.24, 2.45) is 0 Å². The largest absolute Gasteiger partial charge is 0.252 e. The summed E-state index contributed by atoms with van der Waals surface area (Å²) in [6.07, 6.45) is 1.93. The van der Waals surface area contributed by atoms with Gasteiger partial charge in [0.15, 0.2) is 0 Å². The number of hydrogen-bond acceptors (Lipinski definition) is 2. The third-order valence-electron chi connectivity index (χ3n) is 9.16. The molecule has 1 aromatic heterocycles. The molecule has 1 heterocycles. The summed E-state index contributed by atoms with van der Waals surface area (Å²) in [6.45, 7) is 0. The quantitative estimate of drug-likeness (QED) is 0.220. The second kappa shape index (κ2) is 9.20. The molecule has 0 saturated heterocycles. The maximum absolute atomic E-state index is 5.31. The highest BCUT2D eigenvalue weighted by Gasteiger charge is 2.51. The van der Waals surface area contributed by atoms with Gasteiger partial charge in [0.1, 0.15) is 0 Å². The van der Waals surface area contributed by atoms with Gasteiger partial charge in [-0.15, -0.1) is 0 Å². The van der Waals surface area contributed by atoms with Crippen LogP contribution in [0.1, 0.15) is 22.3 Å². The Morgan fingerprint density at radius 2 is 0.837 bits per heavy atom. The molecule has 0 N–H and O–H groups in total. The molecule has 6 aromatic carbocycles. The van der Waals surface area contributed by atoms with Crippen molar-refractivity contribution in [3.63, 3.8) is 0 Å². The molecule has 0 unspecified atom stereocenters. The van der Waals surface area contributed by atoms with E-state index in [2.05, 4.69) is 140 Å². The van der Waals surface area contributed by atoms with E-state index in [0.29, 0.717) is 0 Å². The molecule has 200 valence electrons. The minimum Gasteiger partial charge on any atom is -0.252 e. The van der Waals surface area contributed by atoms with Gasteiger partial charge in [0, 0.05) is 16.7 Å². The Bertz CT molecular complexity index is 2120.